The largest absolute Gasteiger partial charge is 0.492 e. The van der Waals surface area contributed by atoms with Crippen LogP contribution >= 0.6 is 0 Å². The highest BCUT2D eigenvalue weighted by atomic mass is 16.5. The number of nitrogens with zero attached hydrogens (tertiary/aromatic N) is 2. The number of amides is 2. The maximum atomic E-state index is 12.7. The third kappa shape index (κ3) is 4.17. The van der Waals surface area contributed by atoms with Crippen molar-refractivity contribution in [2.75, 3.05) is 13.2 Å². The van der Waals surface area contributed by atoms with Gasteiger partial charge >= 0.3 is 0 Å². The quantitative estimate of drug-likeness (QED) is 0.755. The molecule has 2 aromatic rings. The Balaban J connectivity index is 1.29. The molecule has 2 aromatic carbocycles. The third-order valence-electron chi connectivity index (χ3n) is 5.07. The van der Waals surface area contributed by atoms with E-state index in [9.17, 15) is 9.59 Å². The van der Waals surface area contributed by atoms with Crippen LogP contribution in [0.3, 0.4) is 0 Å². The van der Waals surface area contributed by atoms with Gasteiger partial charge in [0, 0.05) is 6.20 Å². The van der Waals surface area contributed by atoms with E-state index in [-0.39, 0.29) is 18.2 Å². The van der Waals surface area contributed by atoms with E-state index >= 15 is 0 Å². The second-order valence-corrected chi connectivity index (χ2v) is 7.38. The summed E-state index contributed by atoms with van der Waals surface area (Å²) in [6.45, 7) is 2.33. The van der Waals surface area contributed by atoms with Crippen LogP contribution in [-0.2, 0) is 9.59 Å². The number of benzene rings is 2. The highest BCUT2D eigenvalue weighted by Crippen LogP contribution is 2.25. The van der Waals surface area contributed by atoms with Crippen LogP contribution in [-0.4, -0.2) is 41.2 Å². The topological polar surface area (TPSA) is 71.0 Å². The van der Waals surface area contributed by atoms with Gasteiger partial charge in [-0.25, -0.2) is 0 Å². The second-order valence-electron chi connectivity index (χ2n) is 7.38. The molecule has 152 valence electrons. The molecule has 2 amide bonds. The van der Waals surface area contributed by atoms with Crippen molar-refractivity contribution in [1.29, 1.82) is 0 Å². The molecule has 0 aliphatic carbocycles. The molecule has 6 heteroatoms. The third-order valence-corrected chi connectivity index (χ3v) is 5.07. The second kappa shape index (κ2) is 8.37. The van der Waals surface area contributed by atoms with Crippen molar-refractivity contribution >= 4 is 17.6 Å². The number of allylic oxidation sites excluding steroid dienone is 2. The van der Waals surface area contributed by atoms with Gasteiger partial charge in [-0.05, 0) is 42.3 Å². The lowest BCUT2D eigenvalue weighted by Crippen LogP contribution is -2.52. The van der Waals surface area contributed by atoms with Crippen molar-refractivity contribution in [1.82, 2.24) is 10.2 Å². The maximum Gasteiger partial charge on any atom is 0.248 e. The molecule has 1 N–H and O–H groups in total. The molecule has 0 aromatic heterocycles. The van der Waals surface area contributed by atoms with Gasteiger partial charge < -0.3 is 10.1 Å². The van der Waals surface area contributed by atoms with E-state index in [1.165, 1.54) is 4.90 Å². The van der Waals surface area contributed by atoms with E-state index in [1.54, 1.807) is 31.4 Å². The number of amidine groups is 1. The molecule has 6 nitrogen and oxygen atoms in total. The van der Waals surface area contributed by atoms with Crippen molar-refractivity contribution in [2.45, 2.75) is 18.9 Å². The lowest BCUT2D eigenvalue weighted by molar-refractivity contribution is -0.134. The summed E-state index contributed by atoms with van der Waals surface area (Å²) in [5, 5.41) is 2.83. The van der Waals surface area contributed by atoms with E-state index in [0.29, 0.717) is 19.0 Å². The van der Waals surface area contributed by atoms with Crippen LogP contribution in [0.15, 0.2) is 84.0 Å². The molecule has 0 radical (unpaired) electrons. The van der Waals surface area contributed by atoms with Crippen molar-refractivity contribution in [2.24, 2.45) is 4.99 Å². The summed E-state index contributed by atoms with van der Waals surface area (Å²) >= 11 is 0. The summed E-state index contributed by atoms with van der Waals surface area (Å²) < 4.78 is 5.73. The van der Waals surface area contributed by atoms with Gasteiger partial charge in [0.05, 0.1) is 13.0 Å². The van der Waals surface area contributed by atoms with Gasteiger partial charge in [-0.1, -0.05) is 48.5 Å². The van der Waals surface area contributed by atoms with Gasteiger partial charge in [-0.15, -0.1) is 0 Å². The first-order valence-electron chi connectivity index (χ1n) is 9.89. The van der Waals surface area contributed by atoms with Gasteiger partial charge in [-0.2, -0.15) is 0 Å². The predicted octanol–water partition coefficient (Wildman–Crippen LogP) is 3.32. The van der Waals surface area contributed by atoms with Crippen LogP contribution in [0.4, 0.5) is 0 Å². The first-order valence-corrected chi connectivity index (χ1v) is 9.89. The van der Waals surface area contributed by atoms with Crippen LogP contribution in [0.1, 0.15) is 13.3 Å². The first kappa shape index (κ1) is 19.6. The monoisotopic (exact) mass is 401 g/mol. The SMILES string of the molecule is C[C@@]1(C(=O)NCCOc2ccc(-c3ccccc3)cc2)CC(=O)N2C=CC=CC2=N1. The van der Waals surface area contributed by atoms with Gasteiger partial charge in [0.1, 0.15) is 23.7 Å². The molecule has 1 atom stereocenters. The molecule has 0 saturated heterocycles. The number of carbonyl (C=O) groups excluding carboxylic acids is 2. The summed E-state index contributed by atoms with van der Waals surface area (Å²) in [7, 11) is 0. The Bertz CT molecular complexity index is 1030. The zero-order valence-corrected chi connectivity index (χ0v) is 16.7. The number of aliphatic imine (C=N–C) groups is 1. The standard InChI is InChI=1S/C24H23N3O3/c1-24(17-22(28)27-15-6-5-9-21(27)26-24)23(29)25-14-16-30-20-12-10-19(11-13-20)18-7-3-2-4-8-18/h2-13,15H,14,16-17H2,1H3,(H,25,29)/t24-/m0/s1. The smallest absolute Gasteiger partial charge is 0.248 e. The fourth-order valence-corrected chi connectivity index (χ4v) is 3.44. The highest BCUT2D eigenvalue weighted by molar-refractivity contribution is 6.11. The lowest BCUT2D eigenvalue weighted by Gasteiger charge is -2.33. The zero-order valence-electron chi connectivity index (χ0n) is 16.7. The van der Waals surface area contributed by atoms with Crippen LogP contribution in [0.5, 0.6) is 5.75 Å². The maximum absolute atomic E-state index is 12.7. The summed E-state index contributed by atoms with van der Waals surface area (Å²) in [6, 6.07) is 18.0. The van der Waals surface area contributed by atoms with Crippen LogP contribution in [0.2, 0.25) is 0 Å². The van der Waals surface area contributed by atoms with Crippen molar-refractivity contribution in [3.05, 3.63) is 79.0 Å². The molecule has 2 aliphatic heterocycles. The number of fused-ring (bicyclic) bond motifs is 1. The average Bonchev–Trinajstić information content (AvgIpc) is 2.77. The number of hydrogen-bond donors (Lipinski definition) is 1. The van der Waals surface area contributed by atoms with Gasteiger partial charge in [0.15, 0.2) is 0 Å². The van der Waals surface area contributed by atoms with E-state index < -0.39 is 5.54 Å². The lowest BCUT2D eigenvalue weighted by atomic mass is 9.94. The molecular formula is C24H23N3O3. The summed E-state index contributed by atoms with van der Waals surface area (Å²) in [6.07, 6.45) is 6.98. The summed E-state index contributed by atoms with van der Waals surface area (Å²) in [5.74, 6) is 0.793. The van der Waals surface area contributed by atoms with Crippen molar-refractivity contribution in [3.8, 4) is 16.9 Å². The van der Waals surface area contributed by atoms with E-state index in [1.807, 2.05) is 42.5 Å². The van der Waals surface area contributed by atoms with E-state index in [4.69, 9.17) is 4.74 Å². The minimum absolute atomic E-state index is 0.0301. The van der Waals surface area contributed by atoms with E-state index in [0.717, 1.165) is 16.9 Å². The number of hydrogen-bond acceptors (Lipinski definition) is 4. The molecule has 4 rings (SSSR count). The Morgan fingerprint density at radius 3 is 2.60 bits per heavy atom. The number of ether oxygens (including phenoxy) is 1. The zero-order chi connectivity index (χ0) is 21.0. The molecule has 0 bridgehead atoms. The number of nitrogens with one attached hydrogen (secondary N) is 1. The molecule has 0 unspecified atom stereocenters. The van der Waals surface area contributed by atoms with Gasteiger partial charge in [-0.3, -0.25) is 19.5 Å². The molecule has 0 saturated carbocycles. The fourth-order valence-electron chi connectivity index (χ4n) is 3.44. The molecule has 0 fully saturated rings. The summed E-state index contributed by atoms with van der Waals surface area (Å²) in [4.78, 5) is 31.0. The summed E-state index contributed by atoms with van der Waals surface area (Å²) in [5.41, 5.74) is 1.15. The minimum Gasteiger partial charge on any atom is -0.492 e. The first-order chi connectivity index (χ1) is 14.5. The Labute approximate surface area is 175 Å². The molecule has 0 spiro atoms. The molecule has 2 heterocycles. The van der Waals surface area contributed by atoms with Crippen LogP contribution < -0.4 is 10.1 Å². The Kier molecular flexibility index (Phi) is 5.48. The number of carbonyl (C=O) groups is 2. The number of rotatable bonds is 6. The van der Waals surface area contributed by atoms with Crippen molar-refractivity contribution < 1.29 is 14.3 Å². The normalized spacial score (nSPS) is 19.8. The fraction of sp³-hybridized carbons (Fsp3) is 0.208. The Morgan fingerprint density at radius 1 is 1.10 bits per heavy atom. The Hall–Kier alpha value is -3.67. The minimum atomic E-state index is -1.12. The highest BCUT2D eigenvalue weighted by Gasteiger charge is 2.41. The predicted molar refractivity (Wildman–Crippen MR) is 116 cm³/mol. The van der Waals surface area contributed by atoms with Gasteiger partial charge in [0.25, 0.3) is 0 Å². The van der Waals surface area contributed by atoms with Crippen molar-refractivity contribution in [3.63, 3.8) is 0 Å². The molecular weight excluding hydrogens is 378 g/mol. The van der Waals surface area contributed by atoms with Crippen LogP contribution in [0.25, 0.3) is 11.1 Å². The van der Waals surface area contributed by atoms with E-state index in [2.05, 4.69) is 22.4 Å². The molecule has 30 heavy (non-hydrogen) atoms. The van der Waals surface area contributed by atoms with Gasteiger partial charge in [0.2, 0.25) is 11.8 Å². The van der Waals surface area contributed by atoms with Crippen LogP contribution in [0, 0.1) is 0 Å². The molecule has 2 aliphatic rings. The Morgan fingerprint density at radius 2 is 1.83 bits per heavy atom. The average molecular weight is 401 g/mol.